The van der Waals surface area contributed by atoms with Crippen LogP contribution in [-0.2, 0) is 4.79 Å². The normalized spacial score (nSPS) is 23.3. The fourth-order valence-electron chi connectivity index (χ4n) is 2.25. The molecule has 15 heavy (non-hydrogen) atoms. The van der Waals surface area contributed by atoms with E-state index in [1.54, 1.807) is 6.92 Å². The first kappa shape index (κ1) is 12.7. The van der Waals surface area contributed by atoms with Crippen molar-refractivity contribution < 1.29 is 4.79 Å². The molecule has 3 nitrogen and oxygen atoms in total. The third-order valence-corrected chi connectivity index (χ3v) is 3.11. The van der Waals surface area contributed by atoms with Gasteiger partial charge in [-0.3, -0.25) is 9.69 Å². The van der Waals surface area contributed by atoms with Crippen LogP contribution in [0.1, 0.15) is 32.6 Å². The Morgan fingerprint density at radius 2 is 2.13 bits per heavy atom. The zero-order valence-electron chi connectivity index (χ0n) is 10.3. The van der Waals surface area contributed by atoms with E-state index in [2.05, 4.69) is 23.9 Å². The summed E-state index contributed by atoms with van der Waals surface area (Å²) in [5.41, 5.74) is 0. The number of likely N-dealkylation sites (tertiary alicyclic amines) is 1. The lowest BCUT2D eigenvalue weighted by atomic mass is 9.98. The monoisotopic (exact) mass is 212 g/mol. The van der Waals surface area contributed by atoms with E-state index in [-0.39, 0.29) is 0 Å². The molecule has 3 heteroatoms. The molecule has 88 valence electrons. The molecule has 1 saturated heterocycles. The fourth-order valence-corrected chi connectivity index (χ4v) is 2.25. The average Bonchev–Trinajstić information content (AvgIpc) is 2.15. The second-order valence-electron chi connectivity index (χ2n) is 4.89. The summed E-state index contributed by atoms with van der Waals surface area (Å²) >= 11 is 0. The van der Waals surface area contributed by atoms with Crippen LogP contribution in [0.2, 0.25) is 0 Å². The molecule has 1 heterocycles. The molecule has 0 aromatic heterocycles. The van der Waals surface area contributed by atoms with Crippen molar-refractivity contribution in [1.29, 1.82) is 0 Å². The summed E-state index contributed by atoms with van der Waals surface area (Å²) in [6.07, 6.45) is 4.53. The molecule has 1 unspecified atom stereocenters. The van der Waals surface area contributed by atoms with E-state index in [1.807, 2.05) is 0 Å². The summed E-state index contributed by atoms with van der Waals surface area (Å²) in [4.78, 5) is 15.9. The molecule has 0 radical (unpaired) electrons. The van der Waals surface area contributed by atoms with Crippen LogP contribution in [-0.4, -0.2) is 55.4 Å². The Labute approximate surface area is 93.4 Å². The van der Waals surface area contributed by atoms with Gasteiger partial charge in [0.05, 0.1) is 0 Å². The summed E-state index contributed by atoms with van der Waals surface area (Å²) in [6, 6.07) is 0.510. The predicted octanol–water partition coefficient (Wildman–Crippen LogP) is 1.38. The number of likely N-dealkylation sites (N-methyl/N-ethyl adjacent to an activating group) is 1. The third kappa shape index (κ3) is 4.76. The third-order valence-electron chi connectivity index (χ3n) is 3.11. The molecule has 1 aliphatic rings. The van der Waals surface area contributed by atoms with Crippen LogP contribution in [0.5, 0.6) is 0 Å². The van der Waals surface area contributed by atoms with Crippen LogP contribution in [0, 0.1) is 0 Å². The van der Waals surface area contributed by atoms with Crippen molar-refractivity contribution in [2.75, 3.05) is 33.7 Å². The van der Waals surface area contributed by atoms with Gasteiger partial charge in [-0.05, 0) is 40.4 Å². The molecule has 0 aromatic carbocycles. The molecular weight excluding hydrogens is 188 g/mol. The highest BCUT2D eigenvalue weighted by Crippen LogP contribution is 2.19. The quantitative estimate of drug-likeness (QED) is 0.688. The van der Waals surface area contributed by atoms with Gasteiger partial charge >= 0.3 is 0 Å². The lowest BCUT2D eigenvalue weighted by molar-refractivity contribution is -0.118. The maximum atomic E-state index is 11.2. The number of nitrogens with zero attached hydrogens (tertiary/aromatic N) is 2. The van der Waals surface area contributed by atoms with Crippen molar-refractivity contribution >= 4 is 5.78 Å². The van der Waals surface area contributed by atoms with Gasteiger partial charge in [-0.25, -0.2) is 0 Å². The highest BCUT2D eigenvalue weighted by atomic mass is 16.1. The number of rotatable bonds is 5. The molecule has 0 aromatic rings. The number of hydrogen-bond acceptors (Lipinski definition) is 3. The van der Waals surface area contributed by atoms with E-state index in [9.17, 15) is 4.79 Å². The van der Waals surface area contributed by atoms with E-state index in [1.165, 1.54) is 25.8 Å². The van der Waals surface area contributed by atoms with Gasteiger partial charge < -0.3 is 4.90 Å². The lowest BCUT2D eigenvalue weighted by Gasteiger charge is -2.35. The number of Topliss-reactive ketones (excluding diaryl/α,β-unsaturated/α-hetero) is 1. The first-order valence-electron chi connectivity index (χ1n) is 5.98. The standard InChI is InChI=1S/C12H24N2O/c1-11(15)10-12-6-4-5-7-14(12)9-8-13(2)3/h12H,4-10H2,1-3H3. The molecule has 1 aliphatic heterocycles. The Hall–Kier alpha value is -0.410. The van der Waals surface area contributed by atoms with Crippen LogP contribution in [0.25, 0.3) is 0 Å². The van der Waals surface area contributed by atoms with E-state index < -0.39 is 0 Å². The van der Waals surface area contributed by atoms with Crippen molar-refractivity contribution in [3.8, 4) is 0 Å². The van der Waals surface area contributed by atoms with Crippen LogP contribution in [0.3, 0.4) is 0 Å². The Kier molecular flexibility index (Phi) is 5.26. The van der Waals surface area contributed by atoms with Crippen molar-refractivity contribution in [2.24, 2.45) is 0 Å². The molecule has 1 fully saturated rings. The summed E-state index contributed by atoms with van der Waals surface area (Å²) < 4.78 is 0. The SMILES string of the molecule is CC(=O)CC1CCCCN1CCN(C)C. The summed E-state index contributed by atoms with van der Waals surface area (Å²) in [7, 11) is 4.20. The largest absolute Gasteiger partial charge is 0.308 e. The second kappa shape index (κ2) is 6.23. The number of carbonyl (C=O) groups excluding carboxylic acids is 1. The van der Waals surface area contributed by atoms with Gasteiger partial charge in [0, 0.05) is 25.6 Å². The Bertz CT molecular complexity index is 204. The maximum Gasteiger partial charge on any atom is 0.131 e. The van der Waals surface area contributed by atoms with Crippen LogP contribution in [0.15, 0.2) is 0 Å². The molecular formula is C12H24N2O. The van der Waals surface area contributed by atoms with Crippen molar-refractivity contribution in [1.82, 2.24) is 9.80 Å². The predicted molar refractivity (Wildman–Crippen MR) is 63.1 cm³/mol. The van der Waals surface area contributed by atoms with Gasteiger partial charge in [-0.1, -0.05) is 6.42 Å². The average molecular weight is 212 g/mol. The van der Waals surface area contributed by atoms with E-state index >= 15 is 0 Å². The molecule has 0 spiro atoms. The summed E-state index contributed by atoms with van der Waals surface area (Å²) in [5.74, 6) is 0.330. The minimum Gasteiger partial charge on any atom is -0.308 e. The van der Waals surface area contributed by atoms with Gasteiger partial charge in [-0.15, -0.1) is 0 Å². The molecule has 1 atom stereocenters. The number of carbonyl (C=O) groups is 1. The minimum absolute atomic E-state index is 0.330. The molecule has 0 saturated carbocycles. The smallest absolute Gasteiger partial charge is 0.131 e. The molecule has 0 aliphatic carbocycles. The number of ketones is 1. The summed E-state index contributed by atoms with van der Waals surface area (Å²) in [6.45, 7) is 5.07. The van der Waals surface area contributed by atoms with Gasteiger partial charge in [0.2, 0.25) is 0 Å². The Morgan fingerprint density at radius 3 is 2.73 bits per heavy atom. The highest BCUT2D eigenvalue weighted by molar-refractivity contribution is 5.76. The molecule has 0 amide bonds. The summed E-state index contributed by atoms with van der Waals surface area (Å²) in [5, 5.41) is 0. The van der Waals surface area contributed by atoms with Gasteiger partial charge in [0.1, 0.15) is 5.78 Å². The maximum absolute atomic E-state index is 11.2. The van der Waals surface area contributed by atoms with Crippen molar-refractivity contribution in [2.45, 2.75) is 38.6 Å². The molecule has 0 N–H and O–H groups in total. The fraction of sp³-hybridized carbons (Fsp3) is 0.917. The minimum atomic E-state index is 0.330. The van der Waals surface area contributed by atoms with E-state index in [0.717, 1.165) is 19.5 Å². The topological polar surface area (TPSA) is 23.6 Å². The lowest BCUT2D eigenvalue weighted by Crippen LogP contribution is -2.43. The van der Waals surface area contributed by atoms with Crippen LogP contribution in [0.4, 0.5) is 0 Å². The van der Waals surface area contributed by atoms with Crippen LogP contribution < -0.4 is 0 Å². The van der Waals surface area contributed by atoms with Crippen molar-refractivity contribution in [3.63, 3.8) is 0 Å². The Balaban J connectivity index is 2.39. The number of piperidine rings is 1. The highest BCUT2D eigenvalue weighted by Gasteiger charge is 2.22. The zero-order valence-corrected chi connectivity index (χ0v) is 10.3. The second-order valence-corrected chi connectivity index (χ2v) is 4.89. The number of hydrogen-bond donors (Lipinski definition) is 0. The Morgan fingerprint density at radius 1 is 1.40 bits per heavy atom. The molecule has 1 rings (SSSR count). The van der Waals surface area contributed by atoms with Gasteiger partial charge in [0.15, 0.2) is 0 Å². The van der Waals surface area contributed by atoms with Crippen LogP contribution >= 0.6 is 0 Å². The van der Waals surface area contributed by atoms with Gasteiger partial charge in [-0.2, -0.15) is 0 Å². The first-order valence-corrected chi connectivity index (χ1v) is 5.98. The van der Waals surface area contributed by atoms with Gasteiger partial charge in [0.25, 0.3) is 0 Å². The zero-order chi connectivity index (χ0) is 11.3. The van der Waals surface area contributed by atoms with E-state index in [0.29, 0.717) is 11.8 Å². The first-order chi connectivity index (χ1) is 7.09. The van der Waals surface area contributed by atoms with E-state index in [4.69, 9.17) is 0 Å². The molecule has 0 bridgehead atoms. The van der Waals surface area contributed by atoms with Crippen molar-refractivity contribution in [3.05, 3.63) is 0 Å².